The van der Waals surface area contributed by atoms with Crippen molar-refractivity contribution in [3.63, 3.8) is 0 Å². The second-order valence-corrected chi connectivity index (χ2v) is 7.66. The van der Waals surface area contributed by atoms with Crippen LogP contribution in [-0.4, -0.2) is 22.6 Å². The van der Waals surface area contributed by atoms with Gasteiger partial charge in [-0.1, -0.05) is 36.4 Å². The third-order valence-corrected chi connectivity index (χ3v) is 5.27. The van der Waals surface area contributed by atoms with E-state index in [1.54, 1.807) is 6.21 Å². The van der Waals surface area contributed by atoms with Crippen LogP contribution in [0.1, 0.15) is 40.1 Å². The number of nitrogens with one attached hydrogen (secondary N) is 2. The van der Waals surface area contributed by atoms with Gasteiger partial charge >= 0.3 is 0 Å². The van der Waals surface area contributed by atoms with Gasteiger partial charge in [-0.25, -0.2) is 5.43 Å². The molecular formula is C25H28N4O2. The van der Waals surface area contributed by atoms with Crippen molar-refractivity contribution < 1.29 is 9.59 Å². The van der Waals surface area contributed by atoms with Crippen LogP contribution in [0.3, 0.4) is 0 Å². The number of hydrogen-bond acceptors (Lipinski definition) is 3. The van der Waals surface area contributed by atoms with Gasteiger partial charge in [-0.2, -0.15) is 5.10 Å². The number of carbonyl (C=O) groups excluding carboxylic acids is 2. The highest BCUT2D eigenvalue weighted by Gasteiger charge is 2.11. The molecule has 0 fully saturated rings. The van der Waals surface area contributed by atoms with Crippen molar-refractivity contribution in [2.75, 3.05) is 0 Å². The van der Waals surface area contributed by atoms with Gasteiger partial charge in [0.25, 0.3) is 0 Å². The van der Waals surface area contributed by atoms with E-state index in [9.17, 15) is 9.59 Å². The summed E-state index contributed by atoms with van der Waals surface area (Å²) in [5.74, 6) is -0.797. The van der Waals surface area contributed by atoms with Crippen molar-refractivity contribution in [2.45, 2.75) is 40.7 Å². The number of aryl methyl sites for hydroxylation is 3. The predicted molar refractivity (Wildman–Crippen MR) is 123 cm³/mol. The molecule has 31 heavy (non-hydrogen) atoms. The van der Waals surface area contributed by atoms with E-state index in [1.165, 1.54) is 11.1 Å². The quantitative estimate of drug-likeness (QED) is 0.349. The van der Waals surface area contributed by atoms with Crippen molar-refractivity contribution >= 4 is 18.0 Å². The van der Waals surface area contributed by atoms with E-state index in [2.05, 4.69) is 52.5 Å². The summed E-state index contributed by atoms with van der Waals surface area (Å²) in [6.07, 6.45) is 1.34. The fraction of sp³-hybridized carbons (Fsp3) is 0.240. The Hall–Kier alpha value is -3.67. The van der Waals surface area contributed by atoms with E-state index in [0.717, 1.165) is 28.2 Å². The molecule has 1 aromatic heterocycles. The highest BCUT2D eigenvalue weighted by molar-refractivity contribution is 5.97. The van der Waals surface area contributed by atoms with E-state index in [1.807, 2.05) is 50.2 Å². The number of carbonyl (C=O) groups is 2. The maximum absolute atomic E-state index is 12.0. The molecule has 2 N–H and O–H groups in total. The Labute approximate surface area is 183 Å². The zero-order chi connectivity index (χ0) is 22.4. The number of rotatable bonds is 7. The Balaban J connectivity index is 1.57. The molecule has 0 saturated carbocycles. The summed E-state index contributed by atoms with van der Waals surface area (Å²) in [5.41, 5.74) is 10.0. The topological polar surface area (TPSA) is 75.5 Å². The fourth-order valence-electron chi connectivity index (χ4n) is 3.40. The van der Waals surface area contributed by atoms with E-state index in [4.69, 9.17) is 0 Å². The van der Waals surface area contributed by atoms with Gasteiger partial charge in [0.15, 0.2) is 0 Å². The monoisotopic (exact) mass is 416 g/mol. The van der Waals surface area contributed by atoms with E-state index < -0.39 is 5.91 Å². The van der Waals surface area contributed by atoms with E-state index in [0.29, 0.717) is 6.54 Å². The number of hydrogen-bond donors (Lipinski definition) is 2. The first-order valence-electron chi connectivity index (χ1n) is 10.2. The standard InChI is InChI=1S/C25H28N4O2/c1-17-10-11-23(12-18(17)2)29-19(3)13-22(20(29)4)16-27-28-25(31)14-24(30)26-15-21-8-6-5-7-9-21/h5-13,16H,14-15H2,1-4H3,(H,26,30)(H,28,31)/b27-16+. The smallest absolute Gasteiger partial charge is 0.249 e. The minimum atomic E-state index is -0.454. The summed E-state index contributed by atoms with van der Waals surface area (Å²) in [4.78, 5) is 24.0. The molecule has 2 aromatic carbocycles. The molecular weight excluding hydrogens is 388 g/mol. The van der Waals surface area contributed by atoms with Crippen molar-refractivity contribution in [1.29, 1.82) is 0 Å². The van der Waals surface area contributed by atoms with Crippen LogP contribution in [0, 0.1) is 27.7 Å². The number of hydrazone groups is 1. The zero-order valence-corrected chi connectivity index (χ0v) is 18.4. The Morgan fingerprint density at radius 3 is 2.39 bits per heavy atom. The highest BCUT2D eigenvalue weighted by Crippen LogP contribution is 2.21. The van der Waals surface area contributed by atoms with E-state index in [-0.39, 0.29) is 12.3 Å². The molecule has 0 aliphatic heterocycles. The van der Waals surface area contributed by atoms with Crippen LogP contribution in [0.2, 0.25) is 0 Å². The van der Waals surface area contributed by atoms with Gasteiger partial charge in [-0.05, 0) is 62.6 Å². The van der Waals surface area contributed by atoms with Crippen LogP contribution in [-0.2, 0) is 16.1 Å². The van der Waals surface area contributed by atoms with Gasteiger partial charge in [0.2, 0.25) is 11.8 Å². The molecule has 6 heteroatoms. The molecule has 1 heterocycles. The predicted octanol–water partition coefficient (Wildman–Crippen LogP) is 3.87. The van der Waals surface area contributed by atoms with Crippen LogP contribution >= 0.6 is 0 Å². The molecule has 3 rings (SSSR count). The van der Waals surface area contributed by atoms with Gasteiger partial charge < -0.3 is 9.88 Å². The Kier molecular flexibility index (Phi) is 7.03. The fourth-order valence-corrected chi connectivity index (χ4v) is 3.40. The minimum Gasteiger partial charge on any atom is -0.352 e. The van der Waals surface area contributed by atoms with Gasteiger partial charge in [0.05, 0.1) is 6.21 Å². The van der Waals surface area contributed by atoms with Crippen molar-refractivity contribution in [1.82, 2.24) is 15.3 Å². The molecule has 0 aliphatic carbocycles. The Bertz CT molecular complexity index is 1110. The average molecular weight is 417 g/mol. The summed E-state index contributed by atoms with van der Waals surface area (Å²) in [7, 11) is 0. The molecule has 0 atom stereocenters. The molecule has 0 spiro atoms. The molecule has 3 aromatic rings. The maximum Gasteiger partial charge on any atom is 0.249 e. The number of aromatic nitrogens is 1. The largest absolute Gasteiger partial charge is 0.352 e. The first kappa shape index (κ1) is 22.0. The highest BCUT2D eigenvalue weighted by atomic mass is 16.2. The van der Waals surface area contributed by atoms with Crippen LogP contribution in [0.5, 0.6) is 0 Å². The van der Waals surface area contributed by atoms with Crippen molar-refractivity contribution in [3.8, 4) is 5.69 Å². The lowest BCUT2D eigenvalue weighted by Crippen LogP contribution is -2.29. The first-order chi connectivity index (χ1) is 14.8. The maximum atomic E-state index is 12.0. The summed E-state index contributed by atoms with van der Waals surface area (Å²) >= 11 is 0. The lowest BCUT2D eigenvalue weighted by molar-refractivity contribution is -0.129. The lowest BCUT2D eigenvalue weighted by atomic mass is 10.1. The van der Waals surface area contributed by atoms with Crippen LogP contribution < -0.4 is 10.7 Å². The summed E-state index contributed by atoms with van der Waals surface area (Å²) < 4.78 is 2.16. The second kappa shape index (κ2) is 9.89. The number of amides is 2. The van der Waals surface area contributed by atoms with Crippen LogP contribution in [0.4, 0.5) is 0 Å². The molecule has 6 nitrogen and oxygen atoms in total. The van der Waals surface area contributed by atoms with E-state index >= 15 is 0 Å². The van der Waals surface area contributed by atoms with Crippen LogP contribution in [0.25, 0.3) is 5.69 Å². The third-order valence-electron chi connectivity index (χ3n) is 5.27. The summed E-state index contributed by atoms with van der Waals surface area (Å²) in [5, 5.41) is 6.77. The van der Waals surface area contributed by atoms with Crippen LogP contribution in [0.15, 0.2) is 59.7 Å². The lowest BCUT2D eigenvalue weighted by Gasteiger charge is -2.11. The third kappa shape index (κ3) is 5.69. The van der Waals surface area contributed by atoms with Gasteiger partial charge in [-0.15, -0.1) is 0 Å². The molecule has 0 radical (unpaired) electrons. The molecule has 0 saturated heterocycles. The van der Waals surface area contributed by atoms with Gasteiger partial charge in [-0.3, -0.25) is 9.59 Å². The molecule has 0 bridgehead atoms. The minimum absolute atomic E-state index is 0.272. The van der Waals surface area contributed by atoms with Gasteiger partial charge in [0.1, 0.15) is 6.42 Å². The Morgan fingerprint density at radius 1 is 0.935 bits per heavy atom. The van der Waals surface area contributed by atoms with Gasteiger partial charge in [0, 0.05) is 29.2 Å². The summed E-state index contributed by atoms with van der Waals surface area (Å²) in [6, 6.07) is 17.9. The number of benzene rings is 2. The second-order valence-electron chi connectivity index (χ2n) is 7.66. The zero-order valence-electron chi connectivity index (χ0n) is 18.4. The first-order valence-corrected chi connectivity index (χ1v) is 10.2. The molecule has 0 aliphatic rings. The average Bonchev–Trinajstić information content (AvgIpc) is 3.02. The Morgan fingerprint density at radius 2 is 1.68 bits per heavy atom. The number of nitrogens with zero attached hydrogens (tertiary/aromatic N) is 2. The summed E-state index contributed by atoms with van der Waals surface area (Å²) in [6.45, 7) is 8.64. The molecule has 0 unspecified atom stereocenters. The SMILES string of the molecule is Cc1ccc(-n2c(C)cc(/C=N/NC(=O)CC(=O)NCc3ccccc3)c2C)cc1C. The van der Waals surface area contributed by atoms with Crippen molar-refractivity contribution in [2.24, 2.45) is 5.10 Å². The molecule has 2 amide bonds. The normalized spacial score (nSPS) is 11.0. The van der Waals surface area contributed by atoms with Crippen molar-refractivity contribution in [3.05, 3.63) is 88.2 Å². The molecule has 160 valence electrons.